The monoisotopic (exact) mass is 498 g/mol. The van der Waals surface area contributed by atoms with Gasteiger partial charge in [0, 0.05) is 18.4 Å². The number of aryl methyl sites for hydroxylation is 1. The quantitative estimate of drug-likeness (QED) is 0.489. The number of carbonyl (C=O) groups is 3. The predicted octanol–water partition coefficient (Wildman–Crippen LogP) is 4.90. The van der Waals surface area contributed by atoms with Crippen molar-refractivity contribution in [3.05, 3.63) is 83.7 Å². The van der Waals surface area contributed by atoms with Crippen LogP contribution in [0.25, 0.3) is 0 Å². The third-order valence-electron chi connectivity index (χ3n) is 5.61. The van der Waals surface area contributed by atoms with Crippen LogP contribution in [0.3, 0.4) is 0 Å². The van der Waals surface area contributed by atoms with Crippen LogP contribution in [-0.2, 0) is 11.3 Å². The first-order valence-corrected chi connectivity index (χ1v) is 10.9. The zero-order chi connectivity index (χ0) is 26.0. The average molecular weight is 498 g/mol. The number of halogens is 3. The summed E-state index contributed by atoms with van der Waals surface area (Å²) >= 11 is 0. The molecular formula is C25H21F3N4O4. The Morgan fingerprint density at radius 2 is 1.78 bits per heavy atom. The number of nitrogens with one attached hydrogen (secondary N) is 1. The van der Waals surface area contributed by atoms with Gasteiger partial charge in [-0.05, 0) is 67.4 Å². The molecule has 1 aliphatic heterocycles. The molecular weight excluding hydrogens is 477 g/mol. The molecule has 0 radical (unpaired) electrons. The number of benzene rings is 2. The number of amides is 4. The summed E-state index contributed by atoms with van der Waals surface area (Å²) in [4.78, 5) is 44.9. The van der Waals surface area contributed by atoms with Crippen molar-refractivity contribution in [2.75, 3.05) is 10.2 Å². The molecule has 3 aromatic rings. The van der Waals surface area contributed by atoms with E-state index in [1.54, 1.807) is 25.1 Å². The number of aromatic nitrogens is 1. The number of para-hydroxylation sites is 1. The molecule has 1 saturated heterocycles. The molecule has 11 heteroatoms. The van der Waals surface area contributed by atoms with Crippen LogP contribution in [0.1, 0.15) is 28.5 Å². The number of carbonyl (C=O) groups excluding carboxylic acids is 3. The molecule has 1 unspecified atom stereocenters. The Balaban J connectivity index is 1.49. The number of ether oxygens (including phenoxy) is 1. The number of hydrogen-bond acceptors (Lipinski definition) is 5. The highest BCUT2D eigenvalue weighted by molar-refractivity contribution is 6.21. The smallest absolute Gasteiger partial charge is 0.406 e. The molecule has 1 aromatic heterocycles. The maximum atomic E-state index is 13.1. The van der Waals surface area contributed by atoms with Crippen LogP contribution in [0.4, 0.5) is 29.3 Å². The largest absolute Gasteiger partial charge is 0.573 e. The fourth-order valence-electron chi connectivity index (χ4n) is 3.74. The lowest BCUT2D eigenvalue weighted by Gasteiger charge is -2.20. The summed E-state index contributed by atoms with van der Waals surface area (Å²) in [5.74, 6) is -1.43. The van der Waals surface area contributed by atoms with Gasteiger partial charge >= 0.3 is 12.4 Å². The van der Waals surface area contributed by atoms with Crippen LogP contribution in [0.15, 0.2) is 66.9 Å². The van der Waals surface area contributed by atoms with Gasteiger partial charge in [-0.1, -0.05) is 18.2 Å². The third kappa shape index (κ3) is 5.29. The Labute approximate surface area is 204 Å². The molecule has 4 rings (SSSR count). The van der Waals surface area contributed by atoms with Gasteiger partial charge in [0.1, 0.15) is 17.5 Å². The molecule has 0 bridgehead atoms. The Kier molecular flexibility index (Phi) is 6.65. The molecule has 1 fully saturated rings. The number of hydrogen-bond donors (Lipinski definition) is 1. The number of nitrogens with zero attached hydrogens (tertiary/aromatic N) is 3. The Bertz CT molecular complexity index is 1310. The van der Waals surface area contributed by atoms with Gasteiger partial charge < -0.3 is 15.0 Å². The molecule has 2 aromatic carbocycles. The number of imide groups is 1. The van der Waals surface area contributed by atoms with Crippen molar-refractivity contribution in [2.45, 2.75) is 32.8 Å². The second kappa shape index (κ2) is 9.68. The fourth-order valence-corrected chi connectivity index (χ4v) is 3.74. The number of anilines is 2. The van der Waals surface area contributed by atoms with E-state index in [0.717, 1.165) is 22.6 Å². The molecule has 8 nitrogen and oxygen atoms in total. The zero-order valence-corrected chi connectivity index (χ0v) is 19.2. The maximum absolute atomic E-state index is 13.1. The van der Waals surface area contributed by atoms with Crippen LogP contribution >= 0.6 is 0 Å². The molecule has 2 heterocycles. The lowest BCUT2D eigenvalue weighted by Crippen LogP contribution is -2.33. The SMILES string of the molecule is Cc1ccccc1NC(=O)c1cc(CN2C(=O)N(c3ccc(OC(F)(F)F)cc3)C(=O)C2C)ccn1. The topological polar surface area (TPSA) is 91.8 Å². The van der Waals surface area contributed by atoms with Gasteiger partial charge in [-0.2, -0.15) is 0 Å². The van der Waals surface area contributed by atoms with E-state index in [1.807, 2.05) is 19.1 Å². The molecule has 36 heavy (non-hydrogen) atoms. The first-order valence-electron chi connectivity index (χ1n) is 10.9. The number of pyridine rings is 1. The molecule has 0 aliphatic carbocycles. The van der Waals surface area contributed by atoms with Crippen LogP contribution in [-0.4, -0.2) is 40.1 Å². The van der Waals surface area contributed by atoms with Crippen LogP contribution in [0.5, 0.6) is 5.75 Å². The summed E-state index contributed by atoms with van der Waals surface area (Å²) in [5.41, 5.74) is 2.35. The van der Waals surface area contributed by atoms with Crippen LogP contribution < -0.4 is 15.0 Å². The van der Waals surface area contributed by atoms with Gasteiger partial charge in [-0.25, -0.2) is 9.69 Å². The summed E-state index contributed by atoms with van der Waals surface area (Å²) in [6.07, 6.45) is -3.42. The van der Waals surface area contributed by atoms with E-state index < -0.39 is 36.0 Å². The number of alkyl halides is 3. The Morgan fingerprint density at radius 3 is 2.44 bits per heavy atom. The van der Waals surface area contributed by atoms with Crippen molar-refractivity contribution >= 4 is 29.2 Å². The summed E-state index contributed by atoms with van der Waals surface area (Å²) in [6.45, 7) is 3.43. The van der Waals surface area contributed by atoms with Gasteiger partial charge in [0.15, 0.2) is 0 Å². The summed E-state index contributed by atoms with van der Waals surface area (Å²) < 4.78 is 41.0. The predicted molar refractivity (Wildman–Crippen MR) is 124 cm³/mol. The summed E-state index contributed by atoms with van der Waals surface area (Å²) in [7, 11) is 0. The van der Waals surface area contributed by atoms with E-state index in [0.29, 0.717) is 11.3 Å². The van der Waals surface area contributed by atoms with Gasteiger partial charge in [-0.15, -0.1) is 13.2 Å². The molecule has 1 aliphatic rings. The number of urea groups is 1. The molecule has 1 atom stereocenters. The summed E-state index contributed by atoms with van der Waals surface area (Å²) in [5, 5.41) is 2.79. The van der Waals surface area contributed by atoms with Crippen LogP contribution in [0, 0.1) is 6.92 Å². The molecule has 1 N–H and O–H groups in total. The Hall–Kier alpha value is -4.41. The van der Waals surface area contributed by atoms with Crippen molar-refractivity contribution in [2.24, 2.45) is 0 Å². The minimum Gasteiger partial charge on any atom is -0.406 e. The van der Waals surface area contributed by atoms with Gasteiger partial charge in [0.05, 0.1) is 5.69 Å². The van der Waals surface area contributed by atoms with Crippen molar-refractivity contribution < 1.29 is 32.3 Å². The molecule has 186 valence electrons. The van der Waals surface area contributed by atoms with Crippen LogP contribution in [0.2, 0.25) is 0 Å². The van der Waals surface area contributed by atoms with E-state index in [9.17, 15) is 27.6 Å². The fraction of sp³-hybridized carbons (Fsp3) is 0.200. The molecule has 0 spiro atoms. The van der Waals surface area contributed by atoms with Crippen molar-refractivity contribution in [1.29, 1.82) is 0 Å². The highest BCUT2D eigenvalue weighted by Crippen LogP contribution is 2.30. The number of rotatable bonds is 6. The molecule has 4 amide bonds. The second-order valence-electron chi connectivity index (χ2n) is 8.12. The lowest BCUT2D eigenvalue weighted by molar-refractivity contribution is -0.274. The van der Waals surface area contributed by atoms with Gasteiger partial charge in [0.2, 0.25) is 0 Å². The van der Waals surface area contributed by atoms with Gasteiger partial charge in [0.25, 0.3) is 11.8 Å². The average Bonchev–Trinajstić information content (AvgIpc) is 3.03. The first kappa shape index (κ1) is 24.7. The lowest BCUT2D eigenvalue weighted by atomic mass is 10.1. The van der Waals surface area contributed by atoms with Gasteiger partial charge in [-0.3, -0.25) is 14.6 Å². The van der Waals surface area contributed by atoms with E-state index in [-0.39, 0.29) is 17.9 Å². The Morgan fingerprint density at radius 1 is 1.08 bits per heavy atom. The normalized spacial score (nSPS) is 15.9. The zero-order valence-electron chi connectivity index (χ0n) is 19.2. The third-order valence-corrected chi connectivity index (χ3v) is 5.61. The van der Waals surface area contributed by atoms with Crippen molar-refractivity contribution in [3.8, 4) is 5.75 Å². The first-order chi connectivity index (χ1) is 17.0. The van der Waals surface area contributed by atoms with Crippen molar-refractivity contribution in [1.82, 2.24) is 9.88 Å². The minimum atomic E-state index is -4.85. The standard InChI is InChI=1S/C25H21F3N4O4/c1-15-5-3-4-6-20(15)30-22(33)21-13-17(11-12-29-21)14-31-16(2)23(34)32(24(31)35)18-7-9-19(10-8-18)36-25(26,27)28/h3-13,16H,14H2,1-2H3,(H,30,33). The molecule has 0 saturated carbocycles. The highest BCUT2D eigenvalue weighted by atomic mass is 19.4. The van der Waals surface area contributed by atoms with E-state index in [2.05, 4.69) is 15.0 Å². The second-order valence-corrected chi connectivity index (χ2v) is 8.12. The van der Waals surface area contributed by atoms with E-state index >= 15 is 0 Å². The summed E-state index contributed by atoms with van der Waals surface area (Å²) in [6, 6.07) is 13.4. The van der Waals surface area contributed by atoms with E-state index in [1.165, 1.54) is 29.3 Å². The maximum Gasteiger partial charge on any atom is 0.573 e. The minimum absolute atomic E-state index is 0.0185. The highest BCUT2D eigenvalue weighted by Gasteiger charge is 2.43. The van der Waals surface area contributed by atoms with E-state index in [4.69, 9.17) is 0 Å². The van der Waals surface area contributed by atoms with Crippen molar-refractivity contribution in [3.63, 3.8) is 0 Å².